The SMILES string of the molecule is CCCc1c(OC)c(OC)c(COC)c2c(OC)c(-c3c(C4=N[C@@H](C(C)(C)C)CO4)cc4c(CCC)c(OC)c(OC)c(COC)c4c3OC)c(C3=N[C@@H](C(C)(C)C)CO3)cc12. The van der Waals surface area contributed by atoms with Crippen molar-refractivity contribution in [1.29, 1.82) is 0 Å². The van der Waals surface area contributed by atoms with Gasteiger partial charge in [-0.1, -0.05) is 68.2 Å². The summed E-state index contributed by atoms with van der Waals surface area (Å²) < 4.78 is 63.5. The fourth-order valence-corrected chi connectivity index (χ4v) is 9.01. The summed E-state index contributed by atoms with van der Waals surface area (Å²) in [5.41, 5.74) is 5.99. The third kappa shape index (κ3) is 8.09. The Morgan fingerprint density at radius 2 is 0.823 bits per heavy atom. The molecule has 6 rings (SSSR count). The van der Waals surface area contributed by atoms with Crippen molar-refractivity contribution < 1.29 is 47.4 Å². The van der Waals surface area contributed by atoms with E-state index in [1.54, 1.807) is 56.9 Å². The molecule has 0 unspecified atom stereocenters. The molecule has 0 fully saturated rings. The highest BCUT2D eigenvalue weighted by Crippen LogP contribution is 2.56. The topological polar surface area (TPSA) is 117 Å². The zero-order valence-electron chi connectivity index (χ0n) is 39.9. The molecule has 4 aromatic rings. The molecule has 0 N–H and O–H groups in total. The van der Waals surface area contributed by atoms with Crippen molar-refractivity contribution in [3.05, 3.63) is 45.5 Å². The summed E-state index contributed by atoms with van der Waals surface area (Å²) in [5.74, 6) is 4.56. The summed E-state index contributed by atoms with van der Waals surface area (Å²) in [5, 5.41) is 3.45. The number of rotatable bonds is 17. The first-order chi connectivity index (χ1) is 29.6. The molecule has 12 heteroatoms. The molecule has 0 aliphatic carbocycles. The molecular weight excluding hydrogens is 789 g/mol. The van der Waals surface area contributed by atoms with Gasteiger partial charge in [0, 0.05) is 69.5 Å². The molecule has 2 heterocycles. The lowest BCUT2D eigenvalue weighted by molar-refractivity contribution is 0.182. The highest BCUT2D eigenvalue weighted by molar-refractivity contribution is 6.18. The number of hydrogen-bond donors (Lipinski definition) is 0. The van der Waals surface area contributed by atoms with Gasteiger partial charge in [0.25, 0.3) is 0 Å². The number of hydrogen-bond acceptors (Lipinski definition) is 12. The number of nitrogens with zero attached hydrogens (tertiary/aromatic N) is 2. The molecule has 0 spiro atoms. The lowest BCUT2D eigenvalue weighted by atomic mass is 9.83. The summed E-state index contributed by atoms with van der Waals surface area (Å²) in [6.45, 7) is 18.6. The van der Waals surface area contributed by atoms with Gasteiger partial charge in [0.2, 0.25) is 11.8 Å². The molecule has 0 bridgehead atoms. The summed E-state index contributed by atoms with van der Waals surface area (Å²) in [6, 6.07) is 4.12. The maximum Gasteiger partial charge on any atom is 0.217 e. The van der Waals surface area contributed by atoms with Gasteiger partial charge < -0.3 is 47.4 Å². The van der Waals surface area contributed by atoms with E-state index in [9.17, 15) is 0 Å². The van der Waals surface area contributed by atoms with Gasteiger partial charge in [-0.25, -0.2) is 9.98 Å². The van der Waals surface area contributed by atoms with E-state index < -0.39 is 0 Å². The van der Waals surface area contributed by atoms with Crippen LogP contribution in [0, 0.1) is 10.8 Å². The van der Waals surface area contributed by atoms with Crippen molar-refractivity contribution in [1.82, 2.24) is 0 Å². The van der Waals surface area contributed by atoms with Gasteiger partial charge in [-0.3, -0.25) is 0 Å². The van der Waals surface area contributed by atoms with Gasteiger partial charge in [-0.05, 0) is 46.6 Å². The molecule has 0 aromatic heterocycles. The number of ether oxygens (including phenoxy) is 10. The second kappa shape index (κ2) is 18.8. The number of benzene rings is 4. The molecule has 62 heavy (non-hydrogen) atoms. The van der Waals surface area contributed by atoms with Crippen LogP contribution in [0.15, 0.2) is 22.1 Å². The van der Waals surface area contributed by atoms with Gasteiger partial charge in [-0.2, -0.15) is 0 Å². The quantitative estimate of drug-likeness (QED) is 0.102. The second-order valence-electron chi connectivity index (χ2n) is 18.2. The summed E-state index contributed by atoms with van der Waals surface area (Å²) >= 11 is 0. The van der Waals surface area contributed by atoms with Crippen LogP contribution >= 0.6 is 0 Å². The van der Waals surface area contributed by atoms with Crippen LogP contribution in [-0.4, -0.2) is 94.0 Å². The Hall–Kier alpha value is -4.94. The van der Waals surface area contributed by atoms with E-state index in [2.05, 4.69) is 67.5 Å². The Labute approximate surface area is 368 Å². The zero-order valence-corrected chi connectivity index (χ0v) is 39.9. The molecule has 0 saturated carbocycles. The Bertz CT molecular complexity index is 2200. The van der Waals surface area contributed by atoms with Gasteiger partial charge >= 0.3 is 0 Å². The molecule has 0 radical (unpaired) electrons. The molecule has 338 valence electrons. The average Bonchev–Trinajstić information content (AvgIpc) is 3.96. The maximum atomic E-state index is 6.76. The van der Waals surface area contributed by atoms with Crippen molar-refractivity contribution in [3.8, 4) is 45.6 Å². The third-order valence-electron chi connectivity index (χ3n) is 12.1. The molecule has 2 aliphatic rings. The molecule has 0 saturated heterocycles. The van der Waals surface area contributed by atoms with Gasteiger partial charge in [0.05, 0.1) is 68.0 Å². The van der Waals surface area contributed by atoms with Crippen LogP contribution in [-0.2, 0) is 45.0 Å². The van der Waals surface area contributed by atoms with Gasteiger partial charge in [0.1, 0.15) is 24.7 Å². The minimum Gasteiger partial charge on any atom is -0.495 e. The molecule has 0 amide bonds. The van der Waals surface area contributed by atoms with E-state index in [1.165, 1.54) is 0 Å². The largest absolute Gasteiger partial charge is 0.495 e. The fraction of sp³-hybridized carbons (Fsp3) is 0.560. The van der Waals surface area contributed by atoms with Gasteiger partial charge in [0.15, 0.2) is 23.0 Å². The number of methoxy groups -OCH3 is 8. The van der Waals surface area contributed by atoms with Crippen LogP contribution in [0.25, 0.3) is 32.7 Å². The van der Waals surface area contributed by atoms with E-state index in [4.69, 9.17) is 57.4 Å². The average molecular weight is 857 g/mol. The van der Waals surface area contributed by atoms with Crippen LogP contribution in [0.2, 0.25) is 0 Å². The highest BCUT2D eigenvalue weighted by atomic mass is 16.5. The van der Waals surface area contributed by atoms with E-state index in [0.717, 1.165) is 67.8 Å². The number of aryl methyl sites for hydroxylation is 2. The molecular formula is C50H68N2O10. The first kappa shape index (κ1) is 46.6. The predicted octanol–water partition coefficient (Wildman–Crippen LogP) is 10.3. The number of aliphatic imine (C=N–C) groups is 2. The monoisotopic (exact) mass is 856 g/mol. The Morgan fingerprint density at radius 1 is 0.500 bits per heavy atom. The normalized spacial score (nSPS) is 16.6. The summed E-state index contributed by atoms with van der Waals surface area (Å²) in [7, 11) is 13.4. The van der Waals surface area contributed by atoms with E-state index >= 15 is 0 Å². The van der Waals surface area contributed by atoms with Crippen LogP contribution in [0.3, 0.4) is 0 Å². The molecule has 2 aliphatic heterocycles. The minimum atomic E-state index is -0.168. The smallest absolute Gasteiger partial charge is 0.217 e. The van der Waals surface area contributed by atoms with Crippen LogP contribution in [0.5, 0.6) is 34.5 Å². The number of fused-ring (bicyclic) bond motifs is 2. The maximum absolute atomic E-state index is 6.76. The van der Waals surface area contributed by atoms with Crippen molar-refractivity contribution in [2.45, 2.75) is 106 Å². The zero-order chi connectivity index (χ0) is 45.3. The lowest BCUT2D eigenvalue weighted by Crippen LogP contribution is -2.25. The van der Waals surface area contributed by atoms with Gasteiger partial charge in [-0.15, -0.1) is 0 Å². The van der Waals surface area contributed by atoms with E-state index in [1.807, 2.05) is 0 Å². The van der Waals surface area contributed by atoms with E-state index in [-0.39, 0.29) is 36.1 Å². The Balaban J connectivity index is 1.99. The Kier molecular flexibility index (Phi) is 14.1. The molecule has 4 aromatic carbocycles. The minimum absolute atomic E-state index is 0.105. The predicted molar refractivity (Wildman–Crippen MR) is 247 cm³/mol. The van der Waals surface area contributed by atoms with Crippen molar-refractivity contribution in [2.75, 3.05) is 70.1 Å². The first-order valence-electron chi connectivity index (χ1n) is 21.6. The van der Waals surface area contributed by atoms with Crippen molar-refractivity contribution in [2.24, 2.45) is 20.8 Å². The summed E-state index contributed by atoms with van der Waals surface area (Å²) in [4.78, 5) is 10.7. The second-order valence-corrected chi connectivity index (χ2v) is 18.2. The van der Waals surface area contributed by atoms with Crippen LogP contribution in [0.4, 0.5) is 0 Å². The Morgan fingerprint density at radius 3 is 1.08 bits per heavy atom. The van der Waals surface area contributed by atoms with E-state index in [0.29, 0.717) is 83.5 Å². The van der Waals surface area contributed by atoms with Crippen LogP contribution in [0.1, 0.15) is 102 Å². The van der Waals surface area contributed by atoms with Crippen molar-refractivity contribution in [3.63, 3.8) is 0 Å². The highest BCUT2D eigenvalue weighted by Gasteiger charge is 2.39. The molecule has 2 atom stereocenters. The first-order valence-corrected chi connectivity index (χ1v) is 21.6. The third-order valence-corrected chi connectivity index (χ3v) is 12.1. The summed E-state index contributed by atoms with van der Waals surface area (Å²) in [6.07, 6.45) is 3.11. The van der Waals surface area contributed by atoms with Crippen LogP contribution < -0.4 is 28.4 Å². The molecule has 12 nitrogen and oxygen atoms in total. The fourth-order valence-electron chi connectivity index (χ4n) is 9.01. The standard InChI is InChI=1S/C50H68N2O10/c1-17-19-27-29-21-31(47-51-35(25-61-47)49(3,4)5)39(45(59-15)37(29)33(23-53-9)43(57-13)41(27)55-11)40-32(48-52-36(26-62-48)50(6,7)8)22-30-28(20-18-2)42(56-12)44(58-14)34(24-54-10)38(30)46(40)60-16/h21-22,35-36H,17-20,23-26H2,1-16H3/t35-,36-/m1/s1. The lowest BCUT2D eigenvalue weighted by Gasteiger charge is -2.27. The van der Waals surface area contributed by atoms with Crippen molar-refractivity contribution >= 4 is 33.3 Å².